The Kier molecular flexibility index (Phi) is 7.07. The fraction of sp³-hybridized carbons (Fsp3) is 0.217. The first kappa shape index (κ1) is 23.9. The maximum atomic E-state index is 13.4. The number of nitrogen functional groups attached to an aromatic ring is 1. The van der Waals surface area contributed by atoms with Crippen molar-refractivity contribution < 1.29 is 18.8 Å². The Labute approximate surface area is 194 Å². The van der Waals surface area contributed by atoms with Crippen LogP contribution >= 0.6 is 11.3 Å². The van der Waals surface area contributed by atoms with E-state index in [4.69, 9.17) is 11.5 Å². The summed E-state index contributed by atoms with van der Waals surface area (Å²) in [7, 11) is 0. The second-order valence-electron chi connectivity index (χ2n) is 7.67. The molecule has 0 spiro atoms. The van der Waals surface area contributed by atoms with Crippen LogP contribution in [-0.4, -0.2) is 34.7 Å². The molecule has 172 valence electrons. The molecule has 0 aliphatic carbocycles. The van der Waals surface area contributed by atoms with Gasteiger partial charge in [0.25, 0.3) is 5.91 Å². The number of halogens is 1. The van der Waals surface area contributed by atoms with E-state index in [1.807, 2.05) is 13.8 Å². The van der Waals surface area contributed by atoms with E-state index in [-0.39, 0.29) is 33.6 Å². The molecule has 1 atom stereocenters. The quantitative estimate of drug-likeness (QED) is 0.434. The van der Waals surface area contributed by atoms with E-state index in [0.29, 0.717) is 16.8 Å². The molecule has 0 radical (unpaired) electrons. The number of anilines is 3. The summed E-state index contributed by atoms with van der Waals surface area (Å²) >= 11 is 0.994. The molecule has 1 heterocycles. The van der Waals surface area contributed by atoms with E-state index in [1.54, 1.807) is 31.2 Å². The highest BCUT2D eigenvalue weighted by molar-refractivity contribution is 7.18. The van der Waals surface area contributed by atoms with Crippen LogP contribution in [0.2, 0.25) is 0 Å². The summed E-state index contributed by atoms with van der Waals surface area (Å²) in [6.45, 7) is 5.29. The topological polar surface area (TPSA) is 131 Å². The highest BCUT2D eigenvalue weighted by atomic mass is 32.1. The van der Waals surface area contributed by atoms with Gasteiger partial charge in [-0.05, 0) is 57.2 Å². The van der Waals surface area contributed by atoms with Crippen LogP contribution < -0.4 is 21.7 Å². The average molecular weight is 470 g/mol. The lowest BCUT2D eigenvalue weighted by Gasteiger charge is -2.26. The lowest BCUT2D eigenvalue weighted by molar-refractivity contribution is -0.118. The van der Waals surface area contributed by atoms with Gasteiger partial charge in [-0.3, -0.25) is 14.4 Å². The van der Waals surface area contributed by atoms with E-state index in [1.165, 1.54) is 29.2 Å². The van der Waals surface area contributed by atoms with Gasteiger partial charge in [-0.1, -0.05) is 23.5 Å². The number of nitrogens with two attached hydrogens (primary N) is 2. The Balaban J connectivity index is 1.93. The third-order valence-corrected chi connectivity index (χ3v) is 5.86. The number of carbonyl (C=O) groups excluding carboxylic acids is 3. The number of carbonyl (C=O) groups is 3. The van der Waals surface area contributed by atoms with E-state index in [0.717, 1.165) is 11.3 Å². The molecule has 3 aromatic rings. The van der Waals surface area contributed by atoms with Crippen LogP contribution in [-0.2, 0) is 4.79 Å². The molecule has 1 aromatic heterocycles. The molecule has 0 aliphatic rings. The van der Waals surface area contributed by atoms with Crippen molar-refractivity contribution >= 4 is 45.6 Å². The van der Waals surface area contributed by atoms with Crippen LogP contribution in [0.1, 0.15) is 46.4 Å². The Hall–Kier alpha value is -3.79. The molecule has 33 heavy (non-hydrogen) atoms. The molecular weight excluding hydrogens is 445 g/mol. The van der Waals surface area contributed by atoms with E-state index >= 15 is 0 Å². The van der Waals surface area contributed by atoms with Gasteiger partial charge >= 0.3 is 0 Å². The highest BCUT2D eigenvalue weighted by Gasteiger charge is 2.27. The molecule has 10 heteroatoms. The van der Waals surface area contributed by atoms with Gasteiger partial charge in [0.1, 0.15) is 22.6 Å². The Bertz CT molecular complexity index is 1180. The number of amides is 2. The van der Waals surface area contributed by atoms with Crippen molar-refractivity contribution in [3.63, 3.8) is 0 Å². The van der Waals surface area contributed by atoms with Crippen molar-refractivity contribution in [2.24, 2.45) is 5.73 Å². The van der Waals surface area contributed by atoms with Crippen LogP contribution in [0.4, 0.5) is 21.0 Å². The summed E-state index contributed by atoms with van der Waals surface area (Å²) in [4.78, 5) is 43.1. The fourth-order valence-corrected chi connectivity index (χ4v) is 4.11. The molecule has 8 nitrogen and oxygen atoms in total. The molecule has 0 saturated heterocycles. The number of nitrogens with one attached hydrogen (secondary N) is 1. The zero-order chi connectivity index (χ0) is 24.3. The summed E-state index contributed by atoms with van der Waals surface area (Å²) in [5, 5.41) is 3.05. The molecule has 0 bridgehead atoms. The van der Waals surface area contributed by atoms with Gasteiger partial charge in [0, 0.05) is 22.9 Å². The first-order chi connectivity index (χ1) is 15.6. The van der Waals surface area contributed by atoms with E-state index in [9.17, 15) is 18.8 Å². The number of aromatic nitrogens is 1. The summed E-state index contributed by atoms with van der Waals surface area (Å²) < 4.78 is 13.4. The fourth-order valence-electron chi connectivity index (χ4n) is 3.06. The Morgan fingerprint density at radius 1 is 1.00 bits per heavy atom. The van der Waals surface area contributed by atoms with Gasteiger partial charge in [0.05, 0.1) is 0 Å². The van der Waals surface area contributed by atoms with Crippen LogP contribution in [0.3, 0.4) is 0 Å². The second-order valence-corrected chi connectivity index (χ2v) is 8.65. The van der Waals surface area contributed by atoms with Gasteiger partial charge in [0.15, 0.2) is 5.13 Å². The van der Waals surface area contributed by atoms with Crippen molar-refractivity contribution in [3.05, 3.63) is 70.4 Å². The second kappa shape index (κ2) is 9.78. The normalized spacial score (nSPS) is 11.8. The maximum absolute atomic E-state index is 13.4. The highest BCUT2D eigenvalue weighted by Crippen LogP contribution is 2.36. The van der Waals surface area contributed by atoms with Gasteiger partial charge in [-0.2, -0.15) is 0 Å². The Morgan fingerprint density at radius 2 is 1.58 bits per heavy atom. The van der Waals surface area contributed by atoms with Gasteiger partial charge < -0.3 is 21.7 Å². The molecule has 0 aliphatic heterocycles. The molecule has 0 fully saturated rings. The zero-order valence-electron chi connectivity index (χ0n) is 18.3. The smallest absolute Gasteiger partial charge is 0.251 e. The molecular formula is C23H24FN5O3S. The number of nitrogens with zero attached hydrogens (tertiary/aromatic N) is 2. The molecule has 1 unspecified atom stereocenters. The molecule has 5 N–H and O–H groups in total. The first-order valence-corrected chi connectivity index (χ1v) is 11.0. The minimum atomic E-state index is -0.831. The van der Waals surface area contributed by atoms with Gasteiger partial charge in [-0.25, -0.2) is 9.37 Å². The predicted molar refractivity (Wildman–Crippen MR) is 126 cm³/mol. The average Bonchev–Trinajstić information content (AvgIpc) is 3.15. The minimum absolute atomic E-state index is 0.00888. The SMILES string of the molecule is CC(C)NC(=O)c1ccc(C(=O)c2sc(N(c3ccc(F)cc3)C(C)C(N)=O)nc2N)cc1. The third kappa shape index (κ3) is 5.35. The van der Waals surface area contributed by atoms with E-state index < -0.39 is 17.8 Å². The van der Waals surface area contributed by atoms with Gasteiger partial charge in [-0.15, -0.1) is 0 Å². The van der Waals surface area contributed by atoms with Crippen LogP contribution in [0.25, 0.3) is 0 Å². The van der Waals surface area contributed by atoms with Crippen molar-refractivity contribution in [1.82, 2.24) is 10.3 Å². The summed E-state index contributed by atoms with van der Waals surface area (Å²) in [6.07, 6.45) is 0. The third-order valence-electron chi connectivity index (χ3n) is 4.79. The predicted octanol–water partition coefficient (Wildman–Crippen LogP) is 3.25. The summed E-state index contributed by atoms with van der Waals surface area (Å²) in [5.41, 5.74) is 12.8. The molecule has 3 rings (SSSR count). The van der Waals surface area contributed by atoms with Crippen LogP contribution in [0.15, 0.2) is 48.5 Å². The summed E-state index contributed by atoms with van der Waals surface area (Å²) in [6, 6.07) is 10.8. The molecule has 2 amide bonds. The van der Waals surface area contributed by atoms with Crippen molar-refractivity contribution in [1.29, 1.82) is 0 Å². The maximum Gasteiger partial charge on any atom is 0.251 e. The van der Waals surface area contributed by atoms with Crippen LogP contribution in [0, 0.1) is 5.82 Å². The largest absolute Gasteiger partial charge is 0.382 e. The monoisotopic (exact) mass is 469 g/mol. The number of benzene rings is 2. The first-order valence-electron chi connectivity index (χ1n) is 10.1. The number of ketones is 1. The lowest BCUT2D eigenvalue weighted by atomic mass is 10.1. The standard InChI is InChI=1S/C23H24FN5O3S/c1-12(2)27-22(32)15-6-4-14(5-7-15)18(30)19-20(25)28-23(33-19)29(13(3)21(26)31)17-10-8-16(24)9-11-17/h4-13H,25H2,1-3H3,(H2,26,31)(H,27,32). The number of hydrogen-bond acceptors (Lipinski definition) is 7. The number of primary amides is 1. The van der Waals surface area contributed by atoms with Crippen molar-refractivity contribution in [2.45, 2.75) is 32.9 Å². The number of rotatable bonds is 8. The molecule has 0 saturated carbocycles. The van der Waals surface area contributed by atoms with Crippen molar-refractivity contribution in [2.75, 3.05) is 10.6 Å². The zero-order valence-corrected chi connectivity index (χ0v) is 19.2. The van der Waals surface area contributed by atoms with E-state index in [2.05, 4.69) is 10.3 Å². The number of thiazole rings is 1. The lowest BCUT2D eigenvalue weighted by Crippen LogP contribution is -2.39. The van der Waals surface area contributed by atoms with Crippen LogP contribution in [0.5, 0.6) is 0 Å². The molecule has 2 aromatic carbocycles. The van der Waals surface area contributed by atoms with Gasteiger partial charge in [0.2, 0.25) is 11.7 Å². The number of hydrogen-bond donors (Lipinski definition) is 3. The van der Waals surface area contributed by atoms with Crippen molar-refractivity contribution in [3.8, 4) is 0 Å². The minimum Gasteiger partial charge on any atom is -0.382 e. The Morgan fingerprint density at radius 3 is 2.12 bits per heavy atom. The summed E-state index contributed by atoms with van der Waals surface area (Å²) in [5.74, 6) is -1.69.